The standard InChI is InChI=1S/C22H37N7O2/c1-5-23-19(27-13-15-28(16-14-27)20-24-10-8-11-25-20)26-17-18-9-6-7-12-29(18)21(30)31-22(2,3)4/h8,10-11,18H,5-7,9,12-17H2,1-4H3,(H,23,26). The molecule has 1 aromatic heterocycles. The van der Waals surface area contributed by atoms with Crippen LogP contribution in [0, 0.1) is 0 Å². The zero-order chi connectivity index (χ0) is 22.3. The molecule has 172 valence electrons. The topological polar surface area (TPSA) is 86.2 Å². The van der Waals surface area contributed by atoms with Crippen molar-refractivity contribution in [3.05, 3.63) is 18.5 Å². The maximum Gasteiger partial charge on any atom is 0.410 e. The van der Waals surface area contributed by atoms with Crippen molar-refractivity contribution in [2.45, 2.75) is 58.6 Å². The number of nitrogens with zero attached hydrogens (tertiary/aromatic N) is 6. The summed E-state index contributed by atoms with van der Waals surface area (Å²) in [7, 11) is 0. The minimum absolute atomic E-state index is 0.0799. The molecule has 9 heteroatoms. The molecule has 1 unspecified atom stereocenters. The average molecular weight is 432 g/mol. The smallest absolute Gasteiger partial charge is 0.410 e. The Bertz CT molecular complexity index is 727. The van der Waals surface area contributed by atoms with Gasteiger partial charge in [-0.1, -0.05) is 0 Å². The first-order chi connectivity index (χ1) is 14.9. The van der Waals surface area contributed by atoms with Crippen LogP contribution in [0.25, 0.3) is 0 Å². The summed E-state index contributed by atoms with van der Waals surface area (Å²) in [6.07, 6.45) is 6.42. The number of rotatable bonds is 4. The van der Waals surface area contributed by atoms with Crippen molar-refractivity contribution in [3.63, 3.8) is 0 Å². The molecule has 0 aromatic carbocycles. The van der Waals surface area contributed by atoms with E-state index < -0.39 is 5.60 Å². The summed E-state index contributed by atoms with van der Waals surface area (Å²) < 4.78 is 5.63. The van der Waals surface area contributed by atoms with Crippen LogP contribution in [0.2, 0.25) is 0 Å². The van der Waals surface area contributed by atoms with Gasteiger partial charge in [-0.05, 0) is 53.0 Å². The van der Waals surface area contributed by atoms with E-state index in [1.165, 1.54) is 0 Å². The largest absolute Gasteiger partial charge is 0.444 e. The number of aromatic nitrogens is 2. The summed E-state index contributed by atoms with van der Waals surface area (Å²) in [6.45, 7) is 13.3. The Morgan fingerprint density at radius 1 is 1.16 bits per heavy atom. The summed E-state index contributed by atoms with van der Waals surface area (Å²) in [6, 6.07) is 1.91. The molecule has 31 heavy (non-hydrogen) atoms. The molecule has 2 aliphatic rings. The van der Waals surface area contributed by atoms with E-state index in [9.17, 15) is 4.79 Å². The molecule has 0 spiro atoms. The van der Waals surface area contributed by atoms with Gasteiger partial charge in [0, 0.05) is 51.7 Å². The van der Waals surface area contributed by atoms with Crippen LogP contribution < -0.4 is 10.2 Å². The van der Waals surface area contributed by atoms with Crippen molar-refractivity contribution in [1.29, 1.82) is 0 Å². The minimum atomic E-state index is -0.487. The molecular formula is C22H37N7O2. The van der Waals surface area contributed by atoms with Crippen LogP contribution >= 0.6 is 0 Å². The molecule has 0 radical (unpaired) electrons. The van der Waals surface area contributed by atoms with Gasteiger partial charge >= 0.3 is 6.09 Å². The highest BCUT2D eigenvalue weighted by Gasteiger charge is 2.30. The lowest BCUT2D eigenvalue weighted by Gasteiger charge is -2.38. The summed E-state index contributed by atoms with van der Waals surface area (Å²) in [5, 5.41) is 3.42. The molecule has 1 N–H and O–H groups in total. The van der Waals surface area contributed by atoms with Crippen LogP contribution in [0.3, 0.4) is 0 Å². The van der Waals surface area contributed by atoms with E-state index in [1.54, 1.807) is 12.4 Å². The third-order valence-corrected chi connectivity index (χ3v) is 5.46. The number of likely N-dealkylation sites (tertiary alicyclic amines) is 1. The first-order valence-corrected chi connectivity index (χ1v) is 11.4. The van der Waals surface area contributed by atoms with E-state index in [4.69, 9.17) is 9.73 Å². The molecule has 1 atom stereocenters. The van der Waals surface area contributed by atoms with Crippen molar-refractivity contribution in [2.75, 3.05) is 50.7 Å². The van der Waals surface area contributed by atoms with Gasteiger partial charge in [0.25, 0.3) is 0 Å². The van der Waals surface area contributed by atoms with Gasteiger partial charge in [-0.15, -0.1) is 0 Å². The highest BCUT2D eigenvalue weighted by Crippen LogP contribution is 2.21. The number of hydrogen-bond acceptors (Lipinski definition) is 6. The molecule has 3 heterocycles. The number of guanidine groups is 1. The molecular weight excluding hydrogens is 394 g/mol. The van der Waals surface area contributed by atoms with E-state index in [1.807, 2.05) is 31.7 Å². The monoisotopic (exact) mass is 431 g/mol. The number of anilines is 1. The Morgan fingerprint density at radius 3 is 2.52 bits per heavy atom. The Balaban J connectivity index is 1.61. The van der Waals surface area contributed by atoms with Gasteiger partial charge in [-0.3, -0.25) is 4.99 Å². The van der Waals surface area contributed by atoms with Crippen molar-refractivity contribution < 1.29 is 9.53 Å². The molecule has 0 bridgehead atoms. The quantitative estimate of drug-likeness (QED) is 0.578. The Labute approximate surface area is 185 Å². The number of hydrogen-bond donors (Lipinski definition) is 1. The Morgan fingerprint density at radius 2 is 1.87 bits per heavy atom. The van der Waals surface area contributed by atoms with E-state index in [0.29, 0.717) is 6.54 Å². The fourth-order valence-electron chi connectivity index (χ4n) is 3.94. The van der Waals surface area contributed by atoms with E-state index in [-0.39, 0.29) is 12.1 Å². The molecule has 1 amide bonds. The van der Waals surface area contributed by atoms with Gasteiger partial charge in [0.1, 0.15) is 5.60 Å². The van der Waals surface area contributed by atoms with E-state index >= 15 is 0 Å². The van der Waals surface area contributed by atoms with Crippen LogP contribution in [0.15, 0.2) is 23.5 Å². The summed E-state index contributed by atoms with van der Waals surface area (Å²) in [5.41, 5.74) is -0.487. The number of piperazine rings is 1. The third kappa shape index (κ3) is 6.70. The summed E-state index contributed by atoms with van der Waals surface area (Å²) in [4.78, 5) is 32.7. The first kappa shape index (κ1) is 23.1. The lowest BCUT2D eigenvalue weighted by Crippen LogP contribution is -2.53. The molecule has 2 aliphatic heterocycles. The average Bonchev–Trinajstić information content (AvgIpc) is 2.76. The predicted octanol–water partition coefficient (Wildman–Crippen LogP) is 2.35. The zero-order valence-electron chi connectivity index (χ0n) is 19.4. The molecule has 0 aliphatic carbocycles. The van der Waals surface area contributed by atoms with Gasteiger partial charge < -0.3 is 24.8 Å². The molecule has 3 rings (SSSR count). The fourth-order valence-corrected chi connectivity index (χ4v) is 3.94. The highest BCUT2D eigenvalue weighted by atomic mass is 16.6. The number of carbonyl (C=O) groups excluding carboxylic acids is 1. The Hall–Kier alpha value is -2.58. The summed E-state index contributed by atoms with van der Waals surface area (Å²) in [5.74, 6) is 1.69. The summed E-state index contributed by atoms with van der Waals surface area (Å²) >= 11 is 0. The maximum absolute atomic E-state index is 12.7. The van der Waals surface area contributed by atoms with Gasteiger partial charge in [0.05, 0.1) is 12.6 Å². The van der Waals surface area contributed by atoms with Gasteiger partial charge in [-0.2, -0.15) is 0 Å². The SMILES string of the molecule is CCNC(=NCC1CCCCN1C(=O)OC(C)(C)C)N1CCN(c2ncccn2)CC1. The first-order valence-electron chi connectivity index (χ1n) is 11.4. The van der Waals surface area contributed by atoms with Crippen LogP contribution in [-0.2, 0) is 4.74 Å². The van der Waals surface area contributed by atoms with Crippen LogP contribution in [0.4, 0.5) is 10.7 Å². The van der Waals surface area contributed by atoms with E-state index in [0.717, 1.165) is 70.4 Å². The van der Waals surface area contributed by atoms with Gasteiger partial charge in [0.2, 0.25) is 5.95 Å². The van der Waals surface area contributed by atoms with Crippen molar-refractivity contribution in [3.8, 4) is 0 Å². The number of nitrogens with one attached hydrogen (secondary N) is 1. The second kappa shape index (κ2) is 10.6. The highest BCUT2D eigenvalue weighted by molar-refractivity contribution is 5.80. The van der Waals surface area contributed by atoms with E-state index in [2.05, 4.69) is 32.0 Å². The van der Waals surface area contributed by atoms with Crippen LogP contribution in [0.5, 0.6) is 0 Å². The molecule has 2 fully saturated rings. The predicted molar refractivity (Wildman–Crippen MR) is 122 cm³/mol. The number of aliphatic imine (C=N–C) groups is 1. The van der Waals surface area contributed by atoms with Crippen molar-refractivity contribution >= 4 is 18.0 Å². The number of ether oxygens (including phenoxy) is 1. The lowest BCUT2D eigenvalue weighted by atomic mass is 10.0. The normalized spacial score (nSPS) is 20.6. The second-order valence-electron chi connectivity index (χ2n) is 9.04. The van der Waals surface area contributed by atoms with Crippen molar-refractivity contribution in [1.82, 2.24) is 25.1 Å². The maximum atomic E-state index is 12.7. The number of carbonyl (C=O) groups is 1. The molecule has 2 saturated heterocycles. The minimum Gasteiger partial charge on any atom is -0.444 e. The second-order valence-corrected chi connectivity index (χ2v) is 9.04. The Kier molecular flexibility index (Phi) is 7.92. The number of amides is 1. The van der Waals surface area contributed by atoms with Crippen LogP contribution in [-0.4, -0.2) is 89.3 Å². The lowest BCUT2D eigenvalue weighted by molar-refractivity contribution is 0.0109. The fraction of sp³-hybridized carbons (Fsp3) is 0.727. The molecule has 9 nitrogen and oxygen atoms in total. The zero-order valence-corrected chi connectivity index (χ0v) is 19.4. The molecule has 0 saturated carbocycles. The van der Waals surface area contributed by atoms with Gasteiger partial charge in [-0.25, -0.2) is 14.8 Å². The van der Waals surface area contributed by atoms with Crippen LogP contribution in [0.1, 0.15) is 47.0 Å². The van der Waals surface area contributed by atoms with Crippen molar-refractivity contribution in [2.24, 2.45) is 4.99 Å². The number of piperidine rings is 1. The molecule has 1 aromatic rings. The third-order valence-electron chi connectivity index (χ3n) is 5.46. The van der Waals surface area contributed by atoms with Gasteiger partial charge in [0.15, 0.2) is 5.96 Å².